The molecule has 0 aliphatic carbocycles. The first-order chi connectivity index (χ1) is 9.63. The number of para-hydroxylation sites is 1. The highest BCUT2D eigenvalue weighted by atomic mass is 32.1. The van der Waals surface area contributed by atoms with Crippen LogP contribution in [0.15, 0.2) is 36.4 Å². The van der Waals surface area contributed by atoms with E-state index in [0.717, 1.165) is 25.0 Å². The number of aryl methyl sites for hydroxylation is 1. The lowest BCUT2D eigenvalue weighted by Crippen LogP contribution is -2.25. The first-order valence-electron chi connectivity index (χ1n) is 6.30. The van der Waals surface area contributed by atoms with Crippen molar-refractivity contribution in [3.63, 3.8) is 0 Å². The number of rotatable bonds is 3. The SMILES string of the molecule is Cc1ccc(C(=O)N(C)Cc2nc3ccccc3s2)s1. The van der Waals surface area contributed by atoms with Crippen LogP contribution < -0.4 is 0 Å². The van der Waals surface area contributed by atoms with Crippen LogP contribution in [0.1, 0.15) is 19.6 Å². The van der Waals surface area contributed by atoms with E-state index in [1.807, 2.05) is 44.3 Å². The number of thiophene rings is 1. The Kier molecular flexibility index (Phi) is 3.54. The first-order valence-corrected chi connectivity index (χ1v) is 7.93. The molecule has 0 aliphatic rings. The molecule has 0 saturated heterocycles. The van der Waals surface area contributed by atoms with E-state index in [0.29, 0.717) is 6.54 Å². The largest absolute Gasteiger partial charge is 0.334 e. The molecule has 0 aliphatic heterocycles. The van der Waals surface area contributed by atoms with Crippen LogP contribution in [0.5, 0.6) is 0 Å². The van der Waals surface area contributed by atoms with Gasteiger partial charge in [0.1, 0.15) is 5.01 Å². The molecular formula is C15H14N2OS2. The Morgan fingerprint density at radius 3 is 2.70 bits per heavy atom. The third-order valence-electron chi connectivity index (χ3n) is 3.01. The molecule has 0 unspecified atom stereocenters. The van der Waals surface area contributed by atoms with Gasteiger partial charge in [0.05, 0.1) is 21.6 Å². The number of thiazole rings is 1. The summed E-state index contributed by atoms with van der Waals surface area (Å²) >= 11 is 3.17. The minimum absolute atomic E-state index is 0.0577. The van der Waals surface area contributed by atoms with Crippen molar-refractivity contribution in [3.8, 4) is 0 Å². The predicted molar refractivity (Wildman–Crippen MR) is 84.5 cm³/mol. The number of nitrogens with zero attached hydrogens (tertiary/aromatic N) is 2. The normalized spacial score (nSPS) is 10.9. The van der Waals surface area contributed by atoms with Gasteiger partial charge in [0, 0.05) is 11.9 Å². The third kappa shape index (κ3) is 2.59. The lowest BCUT2D eigenvalue weighted by Gasteiger charge is -2.14. The van der Waals surface area contributed by atoms with Crippen LogP contribution in [0.3, 0.4) is 0 Å². The fourth-order valence-electron chi connectivity index (χ4n) is 2.00. The maximum atomic E-state index is 12.3. The number of benzene rings is 1. The van der Waals surface area contributed by atoms with Crippen LogP contribution in [0, 0.1) is 6.92 Å². The fourth-order valence-corrected chi connectivity index (χ4v) is 3.88. The van der Waals surface area contributed by atoms with Gasteiger partial charge in [-0.15, -0.1) is 22.7 Å². The first kappa shape index (κ1) is 13.3. The van der Waals surface area contributed by atoms with E-state index in [9.17, 15) is 4.79 Å². The van der Waals surface area contributed by atoms with Gasteiger partial charge in [-0.25, -0.2) is 4.98 Å². The van der Waals surface area contributed by atoms with Crippen molar-refractivity contribution in [2.24, 2.45) is 0 Å². The molecule has 2 aromatic heterocycles. The smallest absolute Gasteiger partial charge is 0.264 e. The summed E-state index contributed by atoms with van der Waals surface area (Å²) in [7, 11) is 1.82. The zero-order valence-corrected chi connectivity index (χ0v) is 12.9. The monoisotopic (exact) mass is 302 g/mol. The number of amides is 1. The van der Waals surface area contributed by atoms with Crippen molar-refractivity contribution in [3.05, 3.63) is 51.2 Å². The van der Waals surface area contributed by atoms with Crippen molar-refractivity contribution in [2.75, 3.05) is 7.05 Å². The summed E-state index contributed by atoms with van der Waals surface area (Å²) in [6, 6.07) is 11.9. The summed E-state index contributed by atoms with van der Waals surface area (Å²) in [5.74, 6) is 0.0577. The predicted octanol–water partition coefficient (Wildman–Crippen LogP) is 3.94. The van der Waals surface area contributed by atoms with Crippen molar-refractivity contribution < 1.29 is 4.79 Å². The Bertz CT molecular complexity index is 727. The van der Waals surface area contributed by atoms with Gasteiger partial charge in [-0.05, 0) is 31.2 Å². The molecule has 0 bridgehead atoms. The lowest BCUT2D eigenvalue weighted by atomic mass is 10.3. The Morgan fingerprint density at radius 1 is 1.20 bits per heavy atom. The van der Waals surface area contributed by atoms with Gasteiger partial charge in [-0.1, -0.05) is 12.1 Å². The minimum Gasteiger partial charge on any atom is -0.334 e. The second-order valence-corrected chi connectivity index (χ2v) is 7.05. The van der Waals surface area contributed by atoms with Crippen LogP contribution in [0.4, 0.5) is 0 Å². The number of aromatic nitrogens is 1. The van der Waals surface area contributed by atoms with Crippen molar-refractivity contribution in [2.45, 2.75) is 13.5 Å². The second-order valence-electron chi connectivity index (χ2n) is 4.65. The van der Waals surface area contributed by atoms with Crippen LogP contribution in [-0.4, -0.2) is 22.8 Å². The van der Waals surface area contributed by atoms with E-state index in [1.165, 1.54) is 11.3 Å². The molecule has 3 rings (SSSR count). The molecule has 20 heavy (non-hydrogen) atoms. The number of hydrogen-bond donors (Lipinski definition) is 0. The van der Waals surface area contributed by atoms with Gasteiger partial charge in [-0.3, -0.25) is 4.79 Å². The summed E-state index contributed by atoms with van der Waals surface area (Å²) in [5, 5.41) is 0.968. The molecule has 102 valence electrons. The van der Waals surface area contributed by atoms with Gasteiger partial charge in [0.25, 0.3) is 5.91 Å². The quantitative estimate of drug-likeness (QED) is 0.734. The highest BCUT2D eigenvalue weighted by Crippen LogP contribution is 2.23. The van der Waals surface area contributed by atoms with Crippen LogP contribution >= 0.6 is 22.7 Å². The van der Waals surface area contributed by atoms with Gasteiger partial charge >= 0.3 is 0 Å². The van der Waals surface area contributed by atoms with Gasteiger partial charge in [0.15, 0.2) is 0 Å². The Labute approximate surface area is 125 Å². The molecule has 3 aromatic rings. The summed E-state index contributed by atoms with van der Waals surface area (Å²) in [6.07, 6.45) is 0. The van der Waals surface area contributed by atoms with Gasteiger partial charge in [0.2, 0.25) is 0 Å². The number of hydrogen-bond acceptors (Lipinski definition) is 4. The summed E-state index contributed by atoms with van der Waals surface area (Å²) in [4.78, 5) is 20.5. The van der Waals surface area contributed by atoms with Crippen LogP contribution in [-0.2, 0) is 6.54 Å². The molecule has 1 amide bonds. The summed E-state index contributed by atoms with van der Waals surface area (Å²) in [5.41, 5.74) is 1.00. The average Bonchev–Trinajstić information content (AvgIpc) is 3.03. The fraction of sp³-hybridized carbons (Fsp3) is 0.200. The Hall–Kier alpha value is -1.72. The van der Waals surface area contributed by atoms with E-state index in [4.69, 9.17) is 0 Å². The van der Waals surface area contributed by atoms with E-state index in [-0.39, 0.29) is 5.91 Å². The Morgan fingerprint density at radius 2 is 2.00 bits per heavy atom. The molecule has 0 fully saturated rings. The maximum Gasteiger partial charge on any atom is 0.264 e. The number of carbonyl (C=O) groups excluding carboxylic acids is 1. The standard InChI is InChI=1S/C15H14N2OS2/c1-10-7-8-13(19-10)15(18)17(2)9-14-16-11-5-3-4-6-12(11)20-14/h3-8H,9H2,1-2H3. The zero-order valence-electron chi connectivity index (χ0n) is 11.3. The minimum atomic E-state index is 0.0577. The molecule has 2 heterocycles. The molecule has 5 heteroatoms. The number of fused-ring (bicyclic) bond motifs is 1. The molecule has 0 atom stereocenters. The maximum absolute atomic E-state index is 12.3. The third-order valence-corrected chi connectivity index (χ3v) is 5.02. The molecule has 0 spiro atoms. The molecular weight excluding hydrogens is 288 g/mol. The van der Waals surface area contributed by atoms with E-state index >= 15 is 0 Å². The average molecular weight is 302 g/mol. The van der Waals surface area contributed by atoms with E-state index in [2.05, 4.69) is 11.1 Å². The van der Waals surface area contributed by atoms with Gasteiger partial charge < -0.3 is 4.90 Å². The molecule has 0 radical (unpaired) electrons. The van der Waals surface area contributed by atoms with Crippen LogP contribution in [0.25, 0.3) is 10.2 Å². The second kappa shape index (κ2) is 5.34. The van der Waals surface area contributed by atoms with E-state index < -0.39 is 0 Å². The van der Waals surface area contributed by atoms with Gasteiger partial charge in [-0.2, -0.15) is 0 Å². The van der Waals surface area contributed by atoms with Crippen molar-refractivity contribution in [1.29, 1.82) is 0 Å². The van der Waals surface area contributed by atoms with Crippen molar-refractivity contribution >= 4 is 38.8 Å². The van der Waals surface area contributed by atoms with Crippen LogP contribution in [0.2, 0.25) is 0 Å². The highest BCUT2D eigenvalue weighted by Gasteiger charge is 2.15. The molecule has 1 aromatic carbocycles. The number of carbonyl (C=O) groups is 1. The molecule has 0 N–H and O–H groups in total. The molecule has 0 saturated carbocycles. The Balaban J connectivity index is 1.78. The van der Waals surface area contributed by atoms with Crippen molar-refractivity contribution in [1.82, 2.24) is 9.88 Å². The van der Waals surface area contributed by atoms with E-state index in [1.54, 1.807) is 16.2 Å². The molecule has 3 nitrogen and oxygen atoms in total. The topological polar surface area (TPSA) is 33.2 Å². The zero-order chi connectivity index (χ0) is 14.1. The summed E-state index contributed by atoms with van der Waals surface area (Å²) < 4.78 is 1.16. The summed E-state index contributed by atoms with van der Waals surface area (Å²) in [6.45, 7) is 2.56. The lowest BCUT2D eigenvalue weighted by molar-refractivity contribution is 0.0790. The highest BCUT2D eigenvalue weighted by molar-refractivity contribution is 7.18.